The minimum absolute atomic E-state index is 0.0648. The van der Waals surface area contributed by atoms with Gasteiger partial charge in [-0.25, -0.2) is 0 Å². The van der Waals surface area contributed by atoms with Gasteiger partial charge >= 0.3 is 0 Å². The van der Waals surface area contributed by atoms with E-state index < -0.39 is 0 Å². The van der Waals surface area contributed by atoms with Crippen LogP contribution in [0.2, 0.25) is 0 Å². The molecule has 0 spiro atoms. The van der Waals surface area contributed by atoms with Crippen LogP contribution in [-0.4, -0.2) is 78.8 Å². The van der Waals surface area contributed by atoms with Gasteiger partial charge in [0.15, 0.2) is 0 Å². The topological polar surface area (TPSA) is 156 Å². The van der Waals surface area contributed by atoms with Crippen molar-refractivity contribution in [3.8, 4) is 0 Å². The molecule has 0 saturated carbocycles. The number of aliphatic hydroxyl groups excluding tert-OH is 6. The first-order valence-corrected chi connectivity index (χ1v) is 48.0. The Bertz CT molecular complexity index is 1280. The van der Waals surface area contributed by atoms with Crippen LogP contribution in [0, 0.1) is 0 Å². The number of carbonyl (C=O) groups is 2. The van der Waals surface area contributed by atoms with Crippen LogP contribution in [0.3, 0.4) is 0 Å². The Labute approximate surface area is 729 Å². The zero-order chi connectivity index (χ0) is 94.2. The normalized spacial score (nSPS) is 9.29. The van der Waals surface area contributed by atoms with Gasteiger partial charge < -0.3 is 40.2 Å². The summed E-state index contributed by atoms with van der Waals surface area (Å²) in [5, 5.41) is 51.5. The second-order valence-electron chi connectivity index (χ2n) is 28.1. The number of hydrogen-bond acceptors (Lipinski definition) is 8. The minimum Gasteiger partial charge on any atom is -0.393 e. The van der Waals surface area contributed by atoms with Crippen molar-refractivity contribution in [2.75, 3.05) is 0 Å². The maximum absolute atomic E-state index is 10.5. The SMILES string of the molecule is C=CC.C=CC.C=CC.C=CCC(O)CC.C=CCCC.C=CCCCCC.C=CCCCCC.C=CCCCCCC(C)=O.CCC.CCC.CCC.CCC.CCC(C)O.CCC(C)O.CCC(O)CC.CCC(O)CC.CCC(O)CC.CCCC.CCCCCCC.CCCCCCCC.CCCCCCCC(C)=O. The predicted molar refractivity (Wildman–Crippen MR) is 542 cm³/mol. The quantitative estimate of drug-likeness (QED) is 0.0260. The third-order valence-corrected chi connectivity index (χ3v) is 13.7. The Kier molecular flexibility index (Phi) is 321. The van der Waals surface area contributed by atoms with E-state index in [2.05, 4.69) is 177 Å². The van der Waals surface area contributed by atoms with E-state index in [-0.39, 0.29) is 36.6 Å². The molecule has 8 heteroatoms. The minimum atomic E-state index is -0.169. The van der Waals surface area contributed by atoms with E-state index in [1.807, 2.05) is 107 Å². The zero-order valence-electron chi connectivity index (χ0n) is 86.2. The van der Waals surface area contributed by atoms with Crippen LogP contribution in [-0.2, 0) is 9.59 Å². The molecule has 0 aliphatic carbocycles. The van der Waals surface area contributed by atoms with Gasteiger partial charge in [-0.05, 0) is 170 Å². The van der Waals surface area contributed by atoms with Crippen LogP contribution < -0.4 is 0 Å². The third-order valence-electron chi connectivity index (χ3n) is 13.7. The van der Waals surface area contributed by atoms with Gasteiger partial charge in [-0.1, -0.05) is 409 Å². The summed E-state index contributed by atoms with van der Waals surface area (Å²) >= 11 is 0. The van der Waals surface area contributed by atoms with Crippen LogP contribution in [0.4, 0.5) is 0 Å². The van der Waals surface area contributed by atoms with Crippen molar-refractivity contribution in [3.05, 3.63) is 101 Å². The number of unbranched alkanes of at least 4 members (excludes halogenated alkanes) is 24. The Morgan fingerprint density at radius 2 is 0.395 bits per heavy atom. The maximum Gasteiger partial charge on any atom is 0.129 e. The highest BCUT2D eigenvalue weighted by Crippen LogP contribution is 2.07. The number of rotatable bonds is 43. The second-order valence-corrected chi connectivity index (χ2v) is 28.1. The van der Waals surface area contributed by atoms with E-state index >= 15 is 0 Å². The fourth-order valence-electron chi connectivity index (χ4n) is 5.85. The number of allylic oxidation sites excluding steroid dienone is 7. The van der Waals surface area contributed by atoms with Gasteiger partial charge in [0.25, 0.3) is 0 Å². The molecule has 0 aromatic rings. The maximum atomic E-state index is 10.5. The van der Waals surface area contributed by atoms with E-state index in [0.29, 0.717) is 11.6 Å². The number of Topliss-reactive ketones (excluding diaryl/α,β-unsaturated/α-hetero) is 2. The lowest BCUT2D eigenvalue weighted by atomic mass is 10.1. The molecule has 0 heterocycles. The highest BCUT2D eigenvalue weighted by Gasteiger charge is 1.96. The summed E-state index contributed by atoms with van der Waals surface area (Å²) in [7, 11) is 0. The van der Waals surface area contributed by atoms with Crippen LogP contribution in [0.5, 0.6) is 0 Å². The molecule has 3 unspecified atom stereocenters. The van der Waals surface area contributed by atoms with Crippen LogP contribution in [0.15, 0.2) is 101 Å². The molecule has 8 nitrogen and oxygen atoms in total. The van der Waals surface area contributed by atoms with Gasteiger partial charge in [0.1, 0.15) is 11.6 Å². The van der Waals surface area contributed by atoms with Gasteiger partial charge in [0.05, 0.1) is 36.6 Å². The van der Waals surface area contributed by atoms with E-state index in [0.717, 1.165) is 109 Å². The summed E-state index contributed by atoms with van der Waals surface area (Å²) in [6, 6.07) is 0. The van der Waals surface area contributed by atoms with Gasteiger partial charge in [0, 0.05) is 12.8 Å². The Morgan fingerprint density at radius 1 is 0.237 bits per heavy atom. The summed E-state index contributed by atoms with van der Waals surface area (Å²) < 4.78 is 0. The van der Waals surface area contributed by atoms with Crippen molar-refractivity contribution in [2.45, 2.75) is 580 Å². The lowest BCUT2D eigenvalue weighted by Crippen LogP contribution is -2.00. The number of carbonyl (C=O) groups excluding carboxylic acids is 2. The Balaban J connectivity index is -0.0000000424. The van der Waals surface area contributed by atoms with Gasteiger partial charge in [0.2, 0.25) is 0 Å². The molecule has 0 amide bonds. The standard InChI is InChI=1S/C9H18O.C9H16O.C8H18.C7H16.2C7H14.C6H12O.3C5H12O.C5H10.2C4H10O.C4H10.4C3H8.3C3H6/c2*1-3-4-5-6-7-8-9(2)10;1-3-5-7-8-6-4-2;3*1-3-5-7-6-4-2;1-3-5-6(7)4-2;3*1-3-5(6)4-2;1-3-5-4-2;2*1-3-4(2)5;1-3-4-2;7*1-3-2/h3-8H2,1-2H3;3H,1,4-8H2,2H3;3-8H2,1-2H3;3-7H2,1-2H3;2*3H,1,4-7H2,2H3;3,6-7H,1,4-5H2,2H3;3*5-6H,3-4H2,1-2H3;3H,1,4-5H2,2H3;2*4-5H,3H2,1-2H3;3-4H2,1-2H3;4*3H2,1-2H3;3*3H,1H2,2H3. The zero-order valence-corrected chi connectivity index (χ0v) is 86.2. The molecule has 0 radical (unpaired) electrons. The molecule has 114 heavy (non-hydrogen) atoms. The Hall–Kier alpha value is -2.98. The molecular weight excluding hydrogens is 1400 g/mol. The first-order valence-electron chi connectivity index (χ1n) is 48.0. The van der Waals surface area contributed by atoms with Crippen LogP contribution >= 0.6 is 0 Å². The summed E-state index contributed by atoms with van der Waals surface area (Å²) in [4.78, 5) is 20.9. The molecular formula is C106H234O8. The van der Waals surface area contributed by atoms with Crippen molar-refractivity contribution < 1.29 is 40.2 Å². The Morgan fingerprint density at radius 3 is 0.500 bits per heavy atom. The average molecular weight is 1640 g/mol. The highest BCUT2D eigenvalue weighted by molar-refractivity contribution is 5.75. The molecule has 6 N–H and O–H groups in total. The van der Waals surface area contributed by atoms with Gasteiger partial charge in [-0.2, -0.15) is 0 Å². The fraction of sp³-hybridized carbons (Fsp3) is 0.830. The molecule has 706 valence electrons. The largest absolute Gasteiger partial charge is 0.393 e. The first-order chi connectivity index (χ1) is 54.2. The number of ketones is 2. The second kappa shape index (κ2) is 220. The number of hydrogen-bond donors (Lipinski definition) is 6. The predicted octanol–water partition coefficient (Wildman–Crippen LogP) is 36.9. The van der Waals surface area contributed by atoms with Crippen molar-refractivity contribution in [1.82, 2.24) is 0 Å². The van der Waals surface area contributed by atoms with Crippen molar-refractivity contribution in [3.63, 3.8) is 0 Å². The molecule has 0 bridgehead atoms. The first kappa shape index (κ1) is 166. The fourth-order valence-corrected chi connectivity index (χ4v) is 5.85. The van der Waals surface area contributed by atoms with Crippen LogP contribution in [0.1, 0.15) is 544 Å². The molecule has 0 aromatic heterocycles. The molecule has 0 rings (SSSR count). The summed E-state index contributed by atoms with van der Waals surface area (Å²) in [5.41, 5.74) is 0. The van der Waals surface area contributed by atoms with E-state index in [9.17, 15) is 9.59 Å². The van der Waals surface area contributed by atoms with E-state index in [4.69, 9.17) is 30.6 Å². The molecule has 0 aliphatic rings. The van der Waals surface area contributed by atoms with E-state index in [1.165, 1.54) is 199 Å². The van der Waals surface area contributed by atoms with Crippen molar-refractivity contribution in [2.24, 2.45) is 0 Å². The van der Waals surface area contributed by atoms with Gasteiger partial charge in [-0.15, -0.1) is 52.6 Å². The lowest BCUT2D eigenvalue weighted by molar-refractivity contribution is -0.117. The molecule has 3 atom stereocenters. The van der Waals surface area contributed by atoms with Crippen molar-refractivity contribution >= 4 is 11.6 Å². The van der Waals surface area contributed by atoms with E-state index in [1.54, 1.807) is 52.0 Å². The molecule has 0 aromatic carbocycles. The smallest absolute Gasteiger partial charge is 0.129 e. The lowest BCUT2D eigenvalue weighted by Gasteiger charge is -1.99. The van der Waals surface area contributed by atoms with Crippen LogP contribution in [0.25, 0.3) is 0 Å². The highest BCUT2D eigenvalue weighted by atomic mass is 16.3. The average Bonchev–Trinajstić information content (AvgIpc) is 1.95. The molecule has 0 fully saturated rings. The summed E-state index contributed by atoms with van der Waals surface area (Å²) in [5.74, 6) is 0.634. The summed E-state index contributed by atoms with van der Waals surface area (Å²) in [6.45, 7) is 97.4. The monoisotopic (exact) mass is 1640 g/mol. The molecule has 0 saturated heterocycles. The summed E-state index contributed by atoms with van der Waals surface area (Å²) in [6.07, 6.45) is 70.8. The van der Waals surface area contributed by atoms with Crippen molar-refractivity contribution in [1.29, 1.82) is 0 Å². The third kappa shape index (κ3) is 470. The number of aliphatic hydroxyl groups is 6. The van der Waals surface area contributed by atoms with Gasteiger partial charge in [-0.3, -0.25) is 0 Å². The molecule has 0 aliphatic heterocycles.